The summed E-state index contributed by atoms with van der Waals surface area (Å²) in [5.74, 6) is 0.866. The quantitative estimate of drug-likeness (QED) is 0.393. The molecule has 4 aromatic rings. The molecule has 32 heavy (non-hydrogen) atoms. The summed E-state index contributed by atoms with van der Waals surface area (Å²) in [6, 6.07) is 14.9. The fourth-order valence-electron chi connectivity index (χ4n) is 4.56. The molecule has 0 radical (unpaired) electrons. The molecule has 7 heteroatoms. The van der Waals surface area contributed by atoms with E-state index in [0.29, 0.717) is 6.04 Å². The average Bonchev–Trinajstić information content (AvgIpc) is 3.20. The molecule has 2 aliphatic rings. The van der Waals surface area contributed by atoms with E-state index in [1.165, 1.54) is 29.3 Å². The van der Waals surface area contributed by atoms with Crippen LogP contribution in [-0.2, 0) is 17.6 Å². The molecular formula is C25H25N5OS. The van der Waals surface area contributed by atoms with Crippen molar-refractivity contribution in [3.63, 3.8) is 0 Å². The molecule has 1 unspecified atom stereocenters. The fourth-order valence-corrected chi connectivity index (χ4v) is 5.48. The van der Waals surface area contributed by atoms with E-state index >= 15 is 0 Å². The number of hydrogen-bond acceptors (Lipinski definition) is 4. The van der Waals surface area contributed by atoms with Gasteiger partial charge in [-0.15, -0.1) is 10.2 Å². The van der Waals surface area contributed by atoms with Crippen LogP contribution in [0.4, 0.5) is 5.69 Å². The van der Waals surface area contributed by atoms with E-state index in [4.69, 9.17) is 0 Å². The van der Waals surface area contributed by atoms with E-state index in [2.05, 4.69) is 49.3 Å². The second-order valence-corrected chi connectivity index (χ2v) is 10.0. The van der Waals surface area contributed by atoms with Crippen molar-refractivity contribution in [3.05, 3.63) is 59.8 Å². The molecule has 2 aromatic heterocycles. The van der Waals surface area contributed by atoms with E-state index in [1.807, 2.05) is 31.3 Å². The minimum Gasteiger partial charge on any atom is -0.360 e. The monoisotopic (exact) mass is 443 g/mol. The predicted octanol–water partition coefficient (Wildman–Crippen LogP) is 5.37. The van der Waals surface area contributed by atoms with Crippen molar-refractivity contribution in [1.29, 1.82) is 0 Å². The Hall–Kier alpha value is -3.06. The van der Waals surface area contributed by atoms with Crippen LogP contribution < -0.4 is 5.32 Å². The predicted molar refractivity (Wildman–Crippen MR) is 128 cm³/mol. The Morgan fingerprint density at radius 3 is 2.88 bits per heavy atom. The molecule has 2 N–H and O–H groups in total. The third-order valence-electron chi connectivity index (χ3n) is 6.42. The standard InChI is InChI=1S/C25H25N5OS/c1-15(24(31)27-18-10-9-16-5-4-6-17(16)13-18)32-25-29-28-23(30(25)19-11-12-19)21-14-26-22-8-3-2-7-20(21)22/h2-3,7-10,13-15,19,26H,4-6,11-12H2,1H3,(H,27,31). The highest BCUT2D eigenvalue weighted by molar-refractivity contribution is 8.00. The average molecular weight is 444 g/mol. The van der Waals surface area contributed by atoms with E-state index < -0.39 is 0 Å². The summed E-state index contributed by atoms with van der Waals surface area (Å²) in [5, 5.41) is 13.8. The van der Waals surface area contributed by atoms with Gasteiger partial charge in [-0.2, -0.15) is 0 Å². The third kappa shape index (κ3) is 3.50. The number of thioether (sulfide) groups is 1. The Morgan fingerprint density at radius 1 is 1.16 bits per heavy atom. The lowest BCUT2D eigenvalue weighted by molar-refractivity contribution is -0.115. The SMILES string of the molecule is CC(Sc1nnc(-c2c[nH]c3ccccc23)n1C1CC1)C(=O)Nc1ccc2c(c1)CCC2. The molecule has 1 saturated carbocycles. The van der Waals surface area contributed by atoms with Crippen molar-refractivity contribution in [2.24, 2.45) is 0 Å². The Bertz CT molecular complexity index is 1320. The van der Waals surface area contributed by atoms with Crippen molar-refractivity contribution in [1.82, 2.24) is 19.7 Å². The van der Waals surface area contributed by atoms with Crippen molar-refractivity contribution < 1.29 is 4.79 Å². The van der Waals surface area contributed by atoms with Crippen molar-refractivity contribution in [2.75, 3.05) is 5.32 Å². The van der Waals surface area contributed by atoms with Crippen LogP contribution in [0.3, 0.4) is 0 Å². The Kier molecular flexibility index (Phi) is 4.79. The molecule has 162 valence electrons. The molecule has 1 atom stereocenters. The molecule has 6 rings (SSSR count). The summed E-state index contributed by atoms with van der Waals surface area (Å²) in [7, 11) is 0. The molecule has 0 spiro atoms. The van der Waals surface area contributed by atoms with Gasteiger partial charge in [0, 0.05) is 34.4 Å². The number of para-hydroxylation sites is 1. The first-order chi connectivity index (χ1) is 15.7. The number of anilines is 1. The maximum absolute atomic E-state index is 12.9. The lowest BCUT2D eigenvalue weighted by Crippen LogP contribution is -2.23. The van der Waals surface area contributed by atoms with E-state index in [0.717, 1.165) is 58.8 Å². The maximum Gasteiger partial charge on any atom is 0.237 e. The van der Waals surface area contributed by atoms with Gasteiger partial charge in [-0.1, -0.05) is 36.0 Å². The molecule has 1 fully saturated rings. The molecular weight excluding hydrogens is 418 g/mol. The fraction of sp³-hybridized carbons (Fsp3) is 0.320. The number of hydrogen-bond donors (Lipinski definition) is 2. The lowest BCUT2D eigenvalue weighted by atomic mass is 10.1. The van der Waals surface area contributed by atoms with Crippen LogP contribution >= 0.6 is 11.8 Å². The third-order valence-corrected chi connectivity index (χ3v) is 7.48. The van der Waals surface area contributed by atoms with Gasteiger partial charge in [0.15, 0.2) is 11.0 Å². The number of nitrogens with zero attached hydrogens (tertiary/aromatic N) is 3. The molecule has 0 bridgehead atoms. The summed E-state index contributed by atoms with van der Waals surface area (Å²) in [6.45, 7) is 1.94. The van der Waals surface area contributed by atoms with Crippen LogP contribution in [0.25, 0.3) is 22.3 Å². The van der Waals surface area contributed by atoms with Crippen LogP contribution in [0.5, 0.6) is 0 Å². The molecule has 0 saturated heterocycles. The van der Waals surface area contributed by atoms with Crippen LogP contribution in [0.2, 0.25) is 0 Å². The summed E-state index contributed by atoms with van der Waals surface area (Å²) >= 11 is 1.48. The number of rotatable bonds is 6. The van der Waals surface area contributed by atoms with Gasteiger partial charge in [0.2, 0.25) is 5.91 Å². The van der Waals surface area contributed by atoms with Gasteiger partial charge < -0.3 is 10.3 Å². The highest BCUT2D eigenvalue weighted by atomic mass is 32.2. The van der Waals surface area contributed by atoms with Crippen molar-refractivity contribution >= 4 is 34.3 Å². The smallest absolute Gasteiger partial charge is 0.237 e. The number of nitrogens with one attached hydrogen (secondary N) is 2. The summed E-state index contributed by atoms with van der Waals surface area (Å²) in [4.78, 5) is 16.3. The molecule has 0 aliphatic heterocycles. The number of H-pyrrole nitrogens is 1. The second-order valence-electron chi connectivity index (χ2n) is 8.74. The van der Waals surface area contributed by atoms with Crippen LogP contribution in [-0.4, -0.2) is 30.9 Å². The van der Waals surface area contributed by atoms with Gasteiger partial charge in [-0.25, -0.2) is 0 Å². The van der Waals surface area contributed by atoms with Crippen molar-refractivity contribution in [3.8, 4) is 11.4 Å². The number of amides is 1. The Morgan fingerprint density at radius 2 is 2.00 bits per heavy atom. The molecule has 2 aliphatic carbocycles. The molecule has 1 amide bonds. The van der Waals surface area contributed by atoms with Gasteiger partial charge in [0.1, 0.15) is 0 Å². The number of aromatic nitrogens is 4. The highest BCUT2D eigenvalue weighted by Crippen LogP contribution is 2.42. The lowest BCUT2D eigenvalue weighted by Gasteiger charge is -2.14. The van der Waals surface area contributed by atoms with E-state index in [1.54, 1.807) is 0 Å². The van der Waals surface area contributed by atoms with Gasteiger partial charge in [-0.3, -0.25) is 9.36 Å². The number of benzene rings is 2. The Labute approximate surface area is 190 Å². The minimum atomic E-state index is -0.277. The number of aryl methyl sites for hydroxylation is 2. The zero-order valence-corrected chi connectivity index (χ0v) is 18.8. The van der Waals surface area contributed by atoms with Crippen molar-refractivity contribution in [2.45, 2.75) is 55.5 Å². The largest absolute Gasteiger partial charge is 0.360 e. The first-order valence-electron chi connectivity index (χ1n) is 11.3. The van der Waals surface area contributed by atoms with Gasteiger partial charge >= 0.3 is 0 Å². The normalized spacial score (nSPS) is 16.3. The molecule has 6 nitrogen and oxygen atoms in total. The van der Waals surface area contributed by atoms with Crippen LogP contribution in [0, 0.1) is 0 Å². The first-order valence-corrected chi connectivity index (χ1v) is 12.2. The summed E-state index contributed by atoms with van der Waals surface area (Å²) < 4.78 is 2.22. The van der Waals surface area contributed by atoms with E-state index in [9.17, 15) is 4.79 Å². The number of carbonyl (C=O) groups excluding carboxylic acids is 1. The first kappa shape index (κ1) is 19.6. The molecule has 2 heterocycles. The second kappa shape index (κ2) is 7.81. The zero-order valence-electron chi connectivity index (χ0n) is 18.0. The Balaban J connectivity index is 1.24. The maximum atomic E-state index is 12.9. The topological polar surface area (TPSA) is 75.6 Å². The number of aromatic amines is 1. The van der Waals surface area contributed by atoms with E-state index in [-0.39, 0.29) is 11.2 Å². The minimum absolute atomic E-state index is 0.00746. The highest BCUT2D eigenvalue weighted by Gasteiger charge is 2.32. The van der Waals surface area contributed by atoms with Gasteiger partial charge in [-0.05, 0) is 68.4 Å². The van der Waals surface area contributed by atoms with Gasteiger partial charge in [0.25, 0.3) is 0 Å². The van der Waals surface area contributed by atoms with Crippen LogP contribution in [0.1, 0.15) is 43.4 Å². The van der Waals surface area contributed by atoms with Gasteiger partial charge in [0.05, 0.1) is 5.25 Å². The molecule has 2 aromatic carbocycles. The number of carbonyl (C=O) groups is 1. The number of fused-ring (bicyclic) bond motifs is 2. The summed E-state index contributed by atoms with van der Waals surface area (Å²) in [6.07, 6.45) is 7.70. The summed E-state index contributed by atoms with van der Waals surface area (Å²) in [5.41, 5.74) is 5.80. The zero-order chi connectivity index (χ0) is 21.7. The van der Waals surface area contributed by atoms with Crippen LogP contribution in [0.15, 0.2) is 53.8 Å².